The highest BCUT2D eigenvalue weighted by molar-refractivity contribution is 6.69. The topological polar surface area (TPSA) is 9.23 Å². The van der Waals surface area contributed by atoms with E-state index in [0.29, 0.717) is 0 Å². The largest absolute Gasteiger partial charge is 0.549 e. The molecule has 0 radical (unpaired) electrons. The number of rotatable bonds is 3. The smallest absolute Gasteiger partial charge is 0.241 e. The molecule has 0 saturated carbocycles. The summed E-state index contributed by atoms with van der Waals surface area (Å²) >= 11 is 0. The summed E-state index contributed by atoms with van der Waals surface area (Å²) in [5.74, 6) is 0. The maximum atomic E-state index is 5.49. The Morgan fingerprint density at radius 2 is 1.90 bits per heavy atom. The lowest BCUT2D eigenvalue weighted by molar-refractivity contribution is 0.475. The van der Waals surface area contributed by atoms with Crippen molar-refractivity contribution < 1.29 is 4.43 Å². The zero-order chi connectivity index (χ0) is 8.20. The van der Waals surface area contributed by atoms with Crippen LogP contribution in [0.2, 0.25) is 19.6 Å². The first kappa shape index (κ1) is 9.50. The van der Waals surface area contributed by atoms with E-state index in [9.17, 15) is 0 Å². The molecule has 0 aliphatic heterocycles. The Morgan fingerprint density at radius 1 is 1.40 bits per heavy atom. The molecule has 0 aliphatic carbocycles. The monoisotopic (exact) mass is 156 g/mol. The third-order valence-corrected chi connectivity index (χ3v) is 1.75. The summed E-state index contributed by atoms with van der Waals surface area (Å²) in [7, 11) is -1.36. The molecule has 0 aromatic rings. The minimum atomic E-state index is -1.36. The van der Waals surface area contributed by atoms with Crippen molar-refractivity contribution in [2.24, 2.45) is 0 Å². The lowest BCUT2D eigenvalue weighted by Gasteiger charge is -2.15. The molecule has 0 aliphatic rings. The molecule has 0 N–H and O–H groups in total. The van der Waals surface area contributed by atoms with E-state index in [2.05, 4.69) is 26.2 Å². The summed E-state index contributed by atoms with van der Waals surface area (Å²) in [5, 5.41) is 0. The molecule has 0 aromatic carbocycles. The van der Waals surface area contributed by atoms with E-state index >= 15 is 0 Å². The van der Waals surface area contributed by atoms with E-state index in [1.807, 2.05) is 6.92 Å². The molecule has 0 aromatic heterocycles. The van der Waals surface area contributed by atoms with E-state index in [4.69, 9.17) is 4.43 Å². The summed E-state index contributed by atoms with van der Waals surface area (Å²) in [6.45, 7) is 12.1. The van der Waals surface area contributed by atoms with Crippen molar-refractivity contribution in [2.75, 3.05) is 0 Å². The van der Waals surface area contributed by atoms with Crippen LogP contribution >= 0.6 is 0 Å². The normalized spacial score (nSPS) is 13.0. The van der Waals surface area contributed by atoms with Gasteiger partial charge in [-0.25, -0.2) is 0 Å². The number of hydrogen-bond donors (Lipinski definition) is 0. The van der Waals surface area contributed by atoms with E-state index in [1.54, 1.807) is 12.3 Å². The van der Waals surface area contributed by atoms with E-state index in [-0.39, 0.29) is 0 Å². The van der Waals surface area contributed by atoms with Crippen LogP contribution < -0.4 is 0 Å². The molecule has 0 fully saturated rings. The Kier molecular flexibility index (Phi) is 3.43. The van der Waals surface area contributed by atoms with Gasteiger partial charge in [0.1, 0.15) is 0 Å². The van der Waals surface area contributed by atoms with Gasteiger partial charge in [-0.2, -0.15) is 0 Å². The molecule has 0 rings (SSSR count). The fourth-order valence-electron chi connectivity index (χ4n) is 0.318. The maximum absolute atomic E-state index is 5.49. The van der Waals surface area contributed by atoms with Gasteiger partial charge in [0.25, 0.3) is 0 Å². The summed E-state index contributed by atoms with van der Waals surface area (Å²) in [6, 6.07) is 0. The van der Waals surface area contributed by atoms with Crippen molar-refractivity contribution in [2.45, 2.75) is 26.6 Å². The van der Waals surface area contributed by atoms with Crippen molar-refractivity contribution >= 4 is 8.32 Å². The lowest BCUT2D eigenvalue weighted by atomic mass is 10.3. The molecule has 0 atom stereocenters. The van der Waals surface area contributed by atoms with Crippen molar-refractivity contribution in [3.8, 4) is 0 Å². The molecule has 0 bridgehead atoms. The quantitative estimate of drug-likeness (QED) is 0.347. The summed E-state index contributed by atoms with van der Waals surface area (Å²) < 4.78 is 5.49. The molecular weight excluding hydrogens is 140 g/mol. The van der Waals surface area contributed by atoms with Crippen molar-refractivity contribution in [3.63, 3.8) is 0 Å². The third kappa shape index (κ3) is 5.63. The van der Waals surface area contributed by atoms with E-state index in [1.165, 1.54) is 0 Å². The lowest BCUT2D eigenvalue weighted by Crippen LogP contribution is -2.22. The van der Waals surface area contributed by atoms with Gasteiger partial charge in [0.05, 0.1) is 6.26 Å². The highest BCUT2D eigenvalue weighted by atomic mass is 28.4. The van der Waals surface area contributed by atoms with Gasteiger partial charge in [0, 0.05) is 0 Å². The van der Waals surface area contributed by atoms with Crippen LogP contribution in [0.5, 0.6) is 0 Å². The van der Waals surface area contributed by atoms with Crippen LogP contribution in [0, 0.1) is 0 Å². The standard InChI is InChI=1S/C8H16OSi/c1-6-8(2)7-9-10(3,4)5/h6-7H,1H2,2-5H3/b8-7-. The molecule has 2 heteroatoms. The van der Waals surface area contributed by atoms with Crippen LogP contribution in [0.3, 0.4) is 0 Å². The summed E-state index contributed by atoms with van der Waals surface area (Å²) in [5.41, 5.74) is 1.09. The maximum Gasteiger partial charge on any atom is 0.241 e. The van der Waals surface area contributed by atoms with Gasteiger partial charge in [-0.15, -0.1) is 0 Å². The Hall–Kier alpha value is -0.503. The minimum absolute atomic E-state index is 1.09. The van der Waals surface area contributed by atoms with Gasteiger partial charge in [-0.05, 0) is 32.1 Å². The Labute approximate surface area is 64.5 Å². The molecule has 10 heavy (non-hydrogen) atoms. The molecule has 1 nitrogen and oxygen atoms in total. The van der Waals surface area contributed by atoms with Crippen LogP contribution in [-0.4, -0.2) is 8.32 Å². The fourth-order valence-corrected chi connectivity index (χ4v) is 0.857. The number of allylic oxidation sites excluding steroid dienone is 2. The van der Waals surface area contributed by atoms with Crippen LogP contribution in [0.15, 0.2) is 24.5 Å². The average Bonchev–Trinajstić information content (AvgIpc) is 1.81. The highest BCUT2D eigenvalue weighted by Gasteiger charge is 2.12. The minimum Gasteiger partial charge on any atom is -0.549 e. The van der Waals surface area contributed by atoms with Crippen molar-refractivity contribution in [1.82, 2.24) is 0 Å². The van der Waals surface area contributed by atoms with Crippen LogP contribution in [-0.2, 0) is 4.43 Å². The molecule has 0 saturated heterocycles. The van der Waals surface area contributed by atoms with Crippen molar-refractivity contribution in [3.05, 3.63) is 24.5 Å². The average molecular weight is 156 g/mol. The van der Waals surface area contributed by atoms with Gasteiger partial charge < -0.3 is 4.43 Å². The fraction of sp³-hybridized carbons (Fsp3) is 0.500. The van der Waals surface area contributed by atoms with Gasteiger partial charge >= 0.3 is 0 Å². The Bertz CT molecular complexity index is 142. The van der Waals surface area contributed by atoms with Crippen LogP contribution in [0.4, 0.5) is 0 Å². The van der Waals surface area contributed by atoms with Gasteiger partial charge in [-0.3, -0.25) is 0 Å². The SMILES string of the molecule is C=C/C(C)=C\O[Si](C)(C)C. The first-order valence-corrected chi connectivity index (χ1v) is 6.83. The second-order valence-corrected chi connectivity index (χ2v) is 7.76. The highest BCUT2D eigenvalue weighted by Crippen LogP contribution is 2.05. The predicted molar refractivity (Wildman–Crippen MR) is 48.4 cm³/mol. The van der Waals surface area contributed by atoms with Gasteiger partial charge in [0.2, 0.25) is 8.32 Å². The molecule has 58 valence electrons. The Morgan fingerprint density at radius 3 is 2.20 bits per heavy atom. The zero-order valence-electron chi connectivity index (χ0n) is 7.27. The molecular formula is C8H16OSi. The van der Waals surface area contributed by atoms with Crippen LogP contribution in [0.1, 0.15) is 6.92 Å². The number of hydrogen-bond acceptors (Lipinski definition) is 1. The molecule has 0 unspecified atom stereocenters. The second-order valence-electron chi connectivity index (χ2n) is 3.30. The van der Waals surface area contributed by atoms with Gasteiger partial charge in [0.15, 0.2) is 0 Å². The van der Waals surface area contributed by atoms with Crippen LogP contribution in [0.25, 0.3) is 0 Å². The molecule has 0 heterocycles. The third-order valence-electron chi connectivity index (χ3n) is 0.920. The molecule has 0 amide bonds. The molecule has 0 spiro atoms. The van der Waals surface area contributed by atoms with E-state index in [0.717, 1.165) is 5.57 Å². The van der Waals surface area contributed by atoms with E-state index < -0.39 is 8.32 Å². The Balaban J connectivity index is 3.84. The van der Waals surface area contributed by atoms with Gasteiger partial charge in [-0.1, -0.05) is 12.7 Å². The first-order chi connectivity index (χ1) is 4.45. The summed E-state index contributed by atoms with van der Waals surface area (Å²) in [6.07, 6.45) is 3.58. The first-order valence-electron chi connectivity index (χ1n) is 3.43. The zero-order valence-corrected chi connectivity index (χ0v) is 8.27. The summed E-state index contributed by atoms with van der Waals surface area (Å²) in [4.78, 5) is 0. The predicted octanol–water partition coefficient (Wildman–Crippen LogP) is 2.93. The van der Waals surface area contributed by atoms with Crippen molar-refractivity contribution in [1.29, 1.82) is 0 Å². The second kappa shape index (κ2) is 3.61.